The monoisotopic (exact) mass is 493 g/mol. The molecule has 1 N–H and O–H groups in total. The van der Waals surface area contributed by atoms with Crippen LogP contribution in [0.4, 0.5) is 15.3 Å². The molecule has 0 bridgehead atoms. The highest BCUT2D eigenvalue weighted by atomic mass is 16.2. The number of carbonyl (C=O) groups is 6. The number of nitrogens with one attached hydrogen (secondary N) is 1. The summed E-state index contributed by atoms with van der Waals surface area (Å²) in [5.74, 6) is -2.47. The van der Waals surface area contributed by atoms with Crippen molar-refractivity contribution in [1.29, 1.82) is 0 Å². The summed E-state index contributed by atoms with van der Waals surface area (Å²) in [5, 5.41) is 2.20. The van der Waals surface area contributed by atoms with E-state index in [0.29, 0.717) is 30.5 Å². The highest BCUT2D eigenvalue weighted by molar-refractivity contribution is 6.31. The molecule has 5 rings (SSSR count). The minimum Gasteiger partial charge on any atom is -0.367 e. The lowest BCUT2D eigenvalue weighted by atomic mass is 9.68. The van der Waals surface area contributed by atoms with Crippen LogP contribution in [0.1, 0.15) is 37.3 Å². The highest BCUT2D eigenvalue weighted by Gasteiger charge is 2.63. The average molecular weight is 494 g/mol. The third kappa shape index (κ3) is 3.18. The highest BCUT2D eigenvalue weighted by Crippen LogP contribution is 2.49. The van der Waals surface area contributed by atoms with Crippen LogP contribution in [0, 0.1) is 5.41 Å². The molecule has 3 saturated heterocycles. The number of urea groups is 2. The molecule has 36 heavy (non-hydrogen) atoms. The zero-order valence-electron chi connectivity index (χ0n) is 20.4. The van der Waals surface area contributed by atoms with Crippen LogP contribution in [-0.2, 0) is 25.6 Å². The van der Waals surface area contributed by atoms with E-state index in [1.54, 1.807) is 12.1 Å². The maximum Gasteiger partial charge on any atom is 0.332 e. The first-order valence-corrected chi connectivity index (χ1v) is 12.0. The molecule has 0 radical (unpaired) electrons. The minimum absolute atomic E-state index is 0.0979. The van der Waals surface area contributed by atoms with Crippen molar-refractivity contribution < 1.29 is 28.8 Å². The van der Waals surface area contributed by atoms with Crippen LogP contribution >= 0.6 is 0 Å². The second kappa shape index (κ2) is 8.28. The molecule has 11 nitrogen and oxygen atoms in total. The van der Waals surface area contributed by atoms with Gasteiger partial charge in [0.1, 0.15) is 5.57 Å². The van der Waals surface area contributed by atoms with E-state index in [2.05, 4.69) is 10.2 Å². The molecule has 11 heteroatoms. The SMILES string of the molecule is CCCN1C(=O)NC(=O)/C(=C\c2ccc3c(c2)CC2(C(=O)N(C)C(=O)N(C)C2=O)C2CCCN32)C1=O. The molecule has 4 aliphatic heterocycles. The summed E-state index contributed by atoms with van der Waals surface area (Å²) in [6.45, 7) is 2.67. The van der Waals surface area contributed by atoms with Gasteiger partial charge in [0.25, 0.3) is 11.8 Å². The first-order chi connectivity index (χ1) is 17.1. The number of amides is 8. The number of rotatable bonds is 3. The topological polar surface area (TPSA) is 127 Å². The van der Waals surface area contributed by atoms with Gasteiger partial charge >= 0.3 is 12.1 Å². The van der Waals surface area contributed by atoms with Crippen molar-refractivity contribution in [2.24, 2.45) is 5.41 Å². The van der Waals surface area contributed by atoms with E-state index < -0.39 is 41.1 Å². The summed E-state index contributed by atoms with van der Waals surface area (Å²) < 4.78 is 0. The Morgan fingerprint density at radius 2 is 1.75 bits per heavy atom. The molecule has 3 fully saturated rings. The molecule has 4 aliphatic rings. The fourth-order valence-corrected chi connectivity index (χ4v) is 5.92. The maximum absolute atomic E-state index is 13.5. The number of hydrogen-bond donors (Lipinski definition) is 1. The van der Waals surface area contributed by atoms with Gasteiger partial charge in [-0.3, -0.25) is 39.2 Å². The van der Waals surface area contributed by atoms with Gasteiger partial charge in [0.15, 0.2) is 5.41 Å². The second-order valence-corrected chi connectivity index (χ2v) is 9.67. The van der Waals surface area contributed by atoms with Crippen molar-refractivity contribution in [3.8, 4) is 0 Å². The van der Waals surface area contributed by atoms with Crippen molar-refractivity contribution in [2.75, 3.05) is 32.1 Å². The number of hydrogen-bond acceptors (Lipinski definition) is 7. The third-order valence-corrected chi connectivity index (χ3v) is 7.59. The molecule has 1 spiro atoms. The third-order valence-electron chi connectivity index (χ3n) is 7.59. The van der Waals surface area contributed by atoms with Gasteiger partial charge in [-0.15, -0.1) is 0 Å². The van der Waals surface area contributed by atoms with Crippen molar-refractivity contribution in [3.05, 3.63) is 34.9 Å². The number of fused-ring (bicyclic) bond motifs is 4. The van der Waals surface area contributed by atoms with E-state index in [-0.39, 0.29) is 24.6 Å². The molecule has 1 atom stereocenters. The van der Waals surface area contributed by atoms with E-state index in [0.717, 1.165) is 26.8 Å². The van der Waals surface area contributed by atoms with Crippen LogP contribution in [0.25, 0.3) is 6.08 Å². The number of benzene rings is 1. The Labute approximate surface area is 207 Å². The fraction of sp³-hybridized carbons (Fsp3) is 0.440. The molecule has 0 saturated carbocycles. The van der Waals surface area contributed by atoms with Gasteiger partial charge in [0.2, 0.25) is 11.8 Å². The second-order valence-electron chi connectivity index (χ2n) is 9.67. The van der Waals surface area contributed by atoms with Crippen molar-refractivity contribution in [2.45, 2.75) is 38.6 Å². The summed E-state index contributed by atoms with van der Waals surface area (Å²) in [6, 6.07) is 3.63. The first-order valence-electron chi connectivity index (χ1n) is 12.0. The van der Waals surface area contributed by atoms with Gasteiger partial charge in [-0.2, -0.15) is 0 Å². The lowest BCUT2D eigenvalue weighted by Gasteiger charge is -2.50. The summed E-state index contributed by atoms with van der Waals surface area (Å²) >= 11 is 0. The average Bonchev–Trinajstić information content (AvgIpc) is 3.36. The molecule has 188 valence electrons. The summed E-state index contributed by atoms with van der Waals surface area (Å²) in [7, 11) is 2.78. The summed E-state index contributed by atoms with van der Waals surface area (Å²) in [4.78, 5) is 81.9. The fourth-order valence-electron chi connectivity index (χ4n) is 5.92. The van der Waals surface area contributed by atoms with Crippen LogP contribution < -0.4 is 10.2 Å². The smallest absolute Gasteiger partial charge is 0.332 e. The zero-order chi connectivity index (χ0) is 25.9. The predicted molar refractivity (Wildman–Crippen MR) is 127 cm³/mol. The lowest BCUT2D eigenvalue weighted by molar-refractivity contribution is -0.159. The molecular formula is C25H27N5O6. The molecular weight excluding hydrogens is 466 g/mol. The van der Waals surface area contributed by atoms with Crippen molar-refractivity contribution in [3.63, 3.8) is 0 Å². The van der Waals surface area contributed by atoms with Gasteiger partial charge in [-0.25, -0.2) is 9.59 Å². The Balaban J connectivity index is 1.57. The summed E-state index contributed by atoms with van der Waals surface area (Å²) in [5.41, 5.74) is 0.525. The van der Waals surface area contributed by atoms with E-state index in [4.69, 9.17) is 0 Å². The standard InChI is InChI=1S/C25H27N5O6/c1-4-9-30-20(32)16(19(31)26-23(30)35)12-14-7-8-17-15(11-14)13-25(18-6-5-10-29(17)18)21(33)27(2)24(36)28(3)22(25)34/h7-8,11-12,18H,4-6,9-10,13H2,1-3H3,(H,26,31,35)/b16-12+. The normalized spacial score (nSPS) is 24.6. The van der Waals surface area contributed by atoms with Crippen LogP contribution in [0.15, 0.2) is 23.8 Å². The molecule has 8 amide bonds. The Hall–Kier alpha value is -4.02. The van der Waals surface area contributed by atoms with E-state index in [1.807, 2.05) is 13.0 Å². The van der Waals surface area contributed by atoms with Crippen LogP contribution in [-0.4, -0.2) is 83.6 Å². The molecule has 1 unspecified atom stereocenters. The van der Waals surface area contributed by atoms with Gasteiger partial charge < -0.3 is 4.90 Å². The Morgan fingerprint density at radius 1 is 1.06 bits per heavy atom. The molecule has 1 aromatic carbocycles. The first kappa shape index (κ1) is 23.7. The van der Waals surface area contributed by atoms with Gasteiger partial charge in [0.05, 0.1) is 6.04 Å². The Morgan fingerprint density at radius 3 is 2.42 bits per heavy atom. The number of nitrogens with zero attached hydrogens (tertiary/aromatic N) is 4. The van der Waals surface area contributed by atoms with Crippen LogP contribution in [0.3, 0.4) is 0 Å². The van der Waals surface area contributed by atoms with Gasteiger partial charge in [-0.1, -0.05) is 13.0 Å². The minimum atomic E-state index is -1.44. The van der Waals surface area contributed by atoms with Crippen LogP contribution in [0.5, 0.6) is 0 Å². The maximum atomic E-state index is 13.5. The number of carbonyl (C=O) groups excluding carboxylic acids is 6. The van der Waals surface area contributed by atoms with Gasteiger partial charge in [0, 0.05) is 32.9 Å². The zero-order valence-corrected chi connectivity index (χ0v) is 20.4. The predicted octanol–water partition coefficient (Wildman–Crippen LogP) is 1.12. The van der Waals surface area contributed by atoms with E-state index in [9.17, 15) is 28.8 Å². The van der Waals surface area contributed by atoms with Crippen molar-refractivity contribution >= 4 is 47.5 Å². The molecule has 1 aromatic rings. The van der Waals surface area contributed by atoms with E-state index >= 15 is 0 Å². The summed E-state index contributed by atoms with van der Waals surface area (Å²) in [6.07, 6.45) is 3.51. The quantitative estimate of drug-likeness (QED) is 0.380. The van der Waals surface area contributed by atoms with E-state index in [1.165, 1.54) is 20.2 Å². The molecule has 0 aliphatic carbocycles. The number of anilines is 1. The molecule has 4 heterocycles. The van der Waals surface area contributed by atoms with Crippen LogP contribution in [0.2, 0.25) is 0 Å². The van der Waals surface area contributed by atoms with Gasteiger partial charge in [-0.05, 0) is 55.0 Å². The van der Waals surface area contributed by atoms with Crippen molar-refractivity contribution in [1.82, 2.24) is 20.0 Å². The number of barbiturate groups is 2. The lowest BCUT2D eigenvalue weighted by Crippen LogP contribution is -2.70. The molecule has 0 aromatic heterocycles. The Bertz CT molecular complexity index is 1250. The largest absolute Gasteiger partial charge is 0.367 e. The number of imide groups is 4. The Kier molecular flexibility index (Phi) is 5.46.